The molecule has 21 heavy (non-hydrogen) atoms. The molecule has 6 nitrogen and oxygen atoms in total. The molecule has 2 aromatic rings. The Morgan fingerprint density at radius 3 is 2.71 bits per heavy atom. The summed E-state index contributed by atoms with van der Waals surface area (Å²) >= 11 is 0. The standard InChI is InChI=1S/C14H13NO5S/c16-10-11-6-7-14(20-11)21(17,18)15-8-3-9-19-13-5-2-1-4-12(13)15/h1-2,4-7,10H,3,8-9H2. The molecule has 0 aliphatic carbocycles. The molecule has 0 unspecified atom stereocenters. The van der Waals surface area contributed by atoms with E-state index in [1.54, 1.807) is 24.3 Å². The largest absolute Gasteiger partial charge is 0.491 e. The zero-order valence-electron chi connectivity index (χ0n) is 11.1. The molecule has 0 fully saturated rings. The van der Waals surface area contributed by atoms with Crippen LogP contribution in [-0.4, -0.2) is 27.9 Å². The van der Waals surface area contributed by atoms with E-state index in [1.807, 2.05) is 0 Å². The van der Waals surface area contributed by atoms with Gasteiger partial charge in [0.1, 0.15) is 5.75 Å². The summed E-state index contributed by atoms with van der Waals surface area (Å²) in [5.41, 5.74) is 0.471. The van der Waals surface area contributed by atoms with Crippen LogP contribution in [-0.2, 0) is 10.0 Å². The maximum absolute atomic E-state index is 12.7. The lowest BCUT2D eigenvalue weighted by molar-refractivity contribution is 0.109. The summed E-state index contributed by atoms with van der Waals surface area (Å²) in [6, 6.07) is 9.55. The average molecular weight is 307 g/mol. The molecule has 3 rings (SSSR count). The fraction of sp³-hybridized carbons (Fsp3) is 0.214. The Hall–Kier alpha value is -2.28. The van der Waals surface area contributed by atoms with E-state index in [2.05, 4.69) is 0 Å². The number of nitrogens with zero attached hydrogens (tertiary/aromatic N) is 1. The minimum Gasteiger partial charge on any atom is -0.491 e. The highest BCUT2D eigenvalue weighted by molar-refractivity contribution is 7.92. The third kappa shape index (κ3) is 2.40. The van der Waals surface area contributed by atoms with Crippen LogP contribution in [0, 0.1) is 0 Å². The van der Waals surface area contributed by atoms with Crippen molar-refractivity contribution >= 4 is 22.0 Å². The van der Waals surface area contributed by atoms with Crippen LogP contribution >= 0.6 is 0 Å². The summed E-state index contributed by atoms with van der Waals surface area (Å²) in [4.78, 5) is 10.7. The van der Waals surface area contributed by atoms with Crippen molar-refractivity contribution < 1.29 is 22.4 Å². The molecule has 0 N–H and O–H groups in total. The van der Waals surface area contributed by atoms with Gasteiger partial charge in [-0.05, 0) is 24.3 Å². The Balaban J connectivity index is 2.08. The first kappa shape index (κ1) is 13.7. The fourth-order valence-corrected chi connectivity index (χ4v) is 3.63. The van der Waals surface area contributed by atoms with Crippen LogP contribution in [0.1, 0.15) is 17.0 Å². The number of anilines is 1. The molecule has 0 radical (unpaired) electrons. The van der Waals surface area contributed by atoms with Crippen molar-refractivity contribution in [3.8, 4) is 5.75 Å². The summed E-state index contributed by atoms with van der Waals surface area (Å²) in [5, 5.41) is -0.249. The molecule has 2 heterocycles. The number of carbonyl (C=O) groups is 1. The van der Waals surface area contributed by atoms with E-state index in [0.717, 1.165) is 0 Å². The van der Waals surface area contributed by atoms with Gasteiger partial charge in [-0.1, -0.05) is 12.1 Å². The molecule has 1 aromatic heterocycles. The van der Waals surface area contributed by atoms with E-state index in [0.29, 0.717) is 30.8 Å². The number of ether oxygens (including phenoxy) is 1. The van der Waals surface area contributed by atoms with Gasteiger partial charge in [0.2, 0.25) is 5.09 Å². The molecule has 1 aromatic carbocycles. The van der Waals surface area contributed by atoms with Crippen molar-refractivity contribution in [2.45, 2.75) is 11.5 Å². The van der Waals surface area contributed by atoms with Crippen LogP contribution in [0.2, 0.25) is 0 Å². The number of hydrogen-bond donors (Lipinski definition) is 0. The van der Waals surface area contributed by atoms with Gasteiger partial charge < -0.3 is 9.15 Å². The number of fused-ring (bicyclic) bond motifs is 1. The minimum absolute atomic E-state index is 0.0204. The second kappa shape index (κ2) is 5.25. The van der Waals surface area contributed by atoms with Crippen molar-refractivity contribution in [3.05, 3.63) is 42.2 Å². The molecule has 1 aliphatic heterocycles. The van der Waals surface area contributed by atoms with E-state index in [1.165, 1.54) is 16.4 Å². The van der Waals surface area contributed by atoms with E-state index < -0.39 is 10.0 Å². The SMILES string of the molecule is O=Cc1ccc(S(=O)(=O)N2CCCOc3ccccc32)o1. The summed E-state index contributed by atoms with van der Waals surface area (Å²) in [6.07, 6.45) is 1.04. The van der Waals surface area contributed by atoms with Crippen molar-refractivity contribution in [3.63, 3.8) is 0 Å². The first-order valence-corrected chi connectivity index (χ1v) is 7.86. The molecule has 0 amide bonds. The summed E-state index contributed by atoms with van der Waals surface area (Å²) in [7, 11) is -3.86. The molecule has 0 bridgehead atoms. The minimum atomic E-state index is -3.86. The molecular formula is C14H13NO5S. The zero-order chi connectivity index (χ0) is 14.9. The highest BCUT2D eigenvalue weighted by Gasteiger charge is 2.31. The van der Waals surface area contributed by atoms with Gasteiger partial charge in [-0.25, -0.2) is 0 Å². The van der Waals surface area contributed by atoms with E-state index in [4.69, 9.17) is 9.15 Å². The molecule has 0 spiro atoms. The Labute approximate surface area is 122 Å². The Morgan fingerprint density at radius 1 is 1.14 bits per heavy atom. The zero-order valence-corrected chi connectivity index (χ0v) is 11.9. The van der Waals surface area contributed by atoms with E-state index in [9.17, 15) is 13.2 Å². The third-order valence-electron chi connectivity index (χ3n) is 3.16. The molecular weight excluding hydrogens is 294 g/mol. The van der Waals surface area contributed by atoms with Crippen LogP contribution < -0.4 is 9.04 Å². The van der Waals surface area contributed by atoms with Gasteiger partial charge in [-0.2, -0.15) is 8.42 Å². The topological polar surface area (TPSA) is 76.8 Å². The average Bonchev–Trinajstić information content (AvgIpc) is 2.87. The van der Waals surface area contributed by atoms with Crippen molar-refractivity contribution in [1.82, 2.24) is 0 Å². The Bertz CT molecular complexity index is 765. The van der Waals surface area contributed by atoms with Gasteiger partial charge in [0.15, 0.2) is 12.0 Å². The smallest absolute Gasteiger partial charge is 0.297 e. The van der Waals surface area contributed by atoms with Crippen molar-refractivity contribution in [1.29, 1.82) is 0 Å². The highest BCUT2D eigenvalue weighted by Crippen LogP contribution is 2.34. The Morgan fingerprint density at radius 2 is 1.95 bits per heavy atom. The van der Waals surface area contributed by atoms with Gasteiger partial charge in [0.05, 0.1) is 12.3 Å². The maximum Gasteiger partial charge on any atom is 0.297 e. The second-order valence-electron chi connectivity index (χ2n) is 4.52. The maximum atomic E-state index is 12.7. The number of furan rings is 1. The number of carbonyl (C=O) groups excluding carboxylic acids is 1. The van der Waals surface area contributed by atoms with E-state index in [-0.39, 0.29) is 17.4 Å². The highest BCUT2D eigenvalue weighted by atomic mass is 32.2. The van der Waals surface area contributed by atoms with Crippen LogP contribution in [0.5, 0.6) is 5.75 Å². The van der Waals surface area contributed by atoms with Crippen LogP contribution in [0.3, 0.4) is 0 Å². The van der Waals surface area contributed by atoms with E-state index >= 15 is 0 Å². The lowest BCUT2D eigenvalue weighted by Crippen LogP contribution is -2.31. The summed E-state index contributed by atoms with van der Waals surface area (Å²) in [6.45, 7) is 0.733. The van der Waals surface area contributed by atoms with Crippen LogP contribution in [0.4, 0.5) is 5.69 Å². The number of sulfonamides is 1. The predicted molar refractivity (Wildman–Crippen MR) is 75.2 cm³/mol. The summed E-state index contributed by atoms with van der Waals surface area (Å²) < 4.78 is 37.2. The lowest BCUT2D eigenvalue weighted by Gasteiger charge is -2.21. The molecule has 1 aliphatic rings. The number of rotatable bonds is 3. The van der Waals surface area contributed by atoms with Crippen LogP contribution in [0.15, 0.2) is 45.9 Å². The third-order valence-corrected chi connectivity index (χ3v) is 4.85. The van der Waals surface area contributed by atoms with Crippen LogP contribution in [0.25, 0.3) is 0 Å². The lowest BCUT2D eigenvalue weighted by atomic mass is 10.3. The first-order chi connectivity index (χ1) is 10.1. The number of hydrogen-bond acceptors (Lipinski definition) is 5. The van der Waals surface area contributed by atoms with Gasteiger partial charge in [-0.3, -0.25) is 9.10 Å². The van der Waals surface area contributed by atoms with Gasteiger partial charge in [0.25, 0.3) is 10.0 Å². The number of para-hydroxylation sites is 2. The predicted octanol–water partition coefficient (Wildman–Crippen LogP) is 2.07. The number of aldehydes is 1. The first-order valence-electron chi connectivity index (χ1n) is 6.42. The van der Waals surface area contributed by atoms with Crippen molar-refractivity contribution in [2.24, 2.45) is 0 Å². The normalized spacial score (nSPS) is 15.0. The fourth-order valence-electron chi connectivity index (χ4n) is 2.19. The van der Waals surface area contributed by atoms with Gasteiger partial charge >= 0.3 is 0 Å². The van der Waals surface area contributed by atoms with Crippen molar-refractivity contribution in [2.75, 3.05) is 17.5 Å². The molecule has 0 atom stereocenters. The number of benzene rings is 1. The molecule has 0 saturated heterocycles. The molecule has 110 valence electrons. The quantitative estimate of drug-likeness (QED) is 0.811. The summed E-state index contributed by atoms with van der Waals surface area (Å²) in [5.74, 6) is 0.494. The second-order valence-corrected chi connectivity index (χ2v) is 6.31. The van der Waals surface area contributed by atoms with Gasteiger partial charge in [0, 0.05) is 13.0 Å². The molecule has 7 heteroatoms. The monoisotopic (exact) mass is 307 g/mol. The van der Waals surface area contributed by atoms with Gasteiger partial charge in [-0.15, -0.1) is 0 Å². The molecule has 0 saturated carbocycles. The Kier molecular flexibility index (Phi) is 3.42.